The molecule has 2 aliphatic rings. The van der Waals surface area contributed by atoms with E-state index in [4.69, 9.17) is 5.11 Å². The molecule has 4 nitrogen and oxygen atoms in total. The highest BCUT2D eigenvalue weighted by Gasteiger charge is 2.25. The molecular weight excluding hydrogens is 204 g/mol. The second-order valence-corrected chi connectivity index (χ2v) is 3.68. The molecule has 0 bridgehead atoms. The summed E-state index contributed by atoms with van der Waals surface area (Å²) in [5.74, 6) is -0.234. The number of fused-ring (bicyclic) bond motifs is 3. The van der Waals surface area contributed by atoms with Crippen molar-refractivity contribution in [2.75, 3.05) is 0 Å². The summed E-state index contributed by atoms with van der Waals surface area (Å²) in [7, 11) is 0. The van der Waals surface area contributed by atoms with Crippen molar-refractivity contribution in [3.63, 3.8) is 0 Å². The average Bonchev–Trinajstić information content (AvgIpc) is 2.73. The normalized spacial score (nSPS) is 16.1. The molecule has 0 radical (unpaired) electrons. The highest BCUT2D eigenvalue weighted by molar-refractivity contribution is 6.39. The number of para-hydroxylation sites is 1. The summed E-state index contributed by atoms with van der Waals surface area (Å²) in [6.07, 6.45) is 1.75. The Balaban J connectivity index is 2.01. The van der Waals surface area contributed by atoms with Crippen molar-refractivity contribution < 1.29 is 9.90 Å². The number of hydrogen-bond acceptors (Lipinski definition) is 3. The zero-order chi connectivity index (χ0) is 11.1. The van der Waals surface area contributed by atoms with E-state index in [0.717, 1.165) is 16.8 Å². The summed E-state index contributed by atoms with van der Waals surface area (Å²) >= 11 is 0. The first kappa shape index (κ1) is 9.03. The van der Waals surface area contributed by atoms with Crippen LogP contribution < -0.4 is 0 Å². The van der Waals surface area contributed by atoms with E-state index in [2.05, 4.69) is 9.98 Å². The average molecular weight is 212 g/mol. The van der Waals surface area contributed by atoms with Gasteiger partial charge in [0.15, 0.2) is 5.84 Å². The van der Waals surface area contributed by atoms with Crippen molar-refractivity contribution in [3.05, 3.63) is 35.9 Å². The lowest BCUT2D eigenvalue weighted by Crippen LogP contribution is -2.02. The van der Waals surface area contributed by atoms with E-state index in [1.165, 1.54) is 0 Å². The van der Waals surface area contributed by atoms with Crippen molar-refractivity contribution in [2.24, 2.45) is 9.98 Å². The minimum absolute atomic E-state index is 0.0509. The molecule has 0 saturated heterocycles. The van der Waals surface area contributed by atoms with Gasteiger partial charge in [0, 0.05) is 11.1 Å². The van der Waals surface area contributed by atoms with Crippen molar-refractivity contribution >= 4 is 28.8 Å². The highest BCUT2D eigenvalue weighted by atomic mass is 16.4. The molecule has 0 amide bonds. The van der Waals surface area contributed by atoms with Gasteiger partial charge in [0.1, 0.15) is 0 Å². The molecule has 0 aliphatic carbocycles. The first-order chi connectivity index (χ1) is 7.74. The van der Waals surface area contributed by atoms with Crippen LogP contribution in [0.25, 0.3) is 5.57 Å². The number of allylic oxidation sites excluding steroid dienone is 1. The second kappa shape index (κ2) is 3.13. The predicted octanol–water partition coefficient (Wildman–Crippen LogP) is 2.04. The number of rotatable bonds is 2. The summed E-state index contributed by atoms with van der Waals surface area (Å²) in [6.45, 7) is 0. The van der Waals surface area contributed by atoms with Gasteiger partial charge >= 0.3 is 5.97 Å². The fourth-order valence-electron chi connectivity index (χ4n) is 1.90. The Labute approximate surface area is 91.7 Å². The van der Waals surface area contributed by atoms with E-state index in [1.807, 2.05) is 24.3 Å². The van der Waals surface area contributed by atoms with Gasteiger partial charge in [0.05, 0.1) is 17.8 Å². The first-order valence-electron chi connectivity index (χ1n) is 4.93. The maximum absolute atomic E-state index is 10.6. The molecule has 4 heteroatoms. The molecule has 3 rings (SSSR count). The SMILES string of the molecule is O=C(O)CC1=NC2=Nc3ccccc3C2=C1. The van der Waals surface area contributed by atoms with Crippen molar-refractivity contribution in [2.45, 2.75) is 6.42 Å². The van der Waals surface area contributed by atoms with Crippen LogP contribution in [-0.4, -0.2) is 22.6 Å². The number of hydrogen-bond donors (Lipinski definition) is 1. The van der Waals surface area contributed by atoms with E-state index < -0.39 is 5.97 Å². The summed E-state index contributed by atoms with van der Waals surface area (Å²) in [5.41, 5.74) is 3.44. The maximum Gasteiger partial charge on any atom is 0.309 e. The van der Waals surface area contributed by atoms with Gasteiger partial charge in [-0.05, 0) is 12.1 Å². The van der Waals surface area contributed by atoms with Crippen molar-refractivity contribution in [1.29, 1.82) is 0 Å². The smallest absolute Gasteiger partial charge is 0.309 e. The van der Waals surface area contributed by atoms with Crippen LogP contribution in [-0.2, 0) is 4.79 Å². The number of aliphatic carboxylic acids is 1. The van der Waals surface area contributed by atoms with Crippen molar-refractivity contribution in [1.82, 2.24) is 0 Å². The molecule has 0 aromatic heterocycles. The van der Waals surface area contributed by atoms with Gasteiger partial charge in [-0.25, -0.2) is 9.98 Å². The van der Waals surface area contributed by atoms with Crippen LogP contribution in [0, 0.1) is 0 Å². The van der Waals surface area contributed by atoms with E-state index >= 15 is 0 Å². The quantitative estimate of drug-likeness (QED) is 0.815. The Morgan fingerprint density at radius 3 is 2.88 bits per heavy atom. The molecule has 0 spiro atoms. The van der Waals surface area contributed by atoms with E-state index in [1.54, 1.807) is 6.08 Å². The second-order valence-electron chi connectivity index (χ2n) is 3.68. The van der Waals surface area contributed by atoms with Gasteiger partial charge in [-0.1, -0.05) is 18.2 Å². The first-order valence-corrected chi connectivity index (χ1v) is 4.93. The molecular formula is C12H8N2O2. The molecule has 16 heavy (non-hydrogen) atoms. The Kier molecular flexibility index (Phi) is 1.77. The Morgan fingerprint density at radius 2 is 2.06 bits per heavy atom. The lowest BCUT2D eigenvalue weighted by atomic mass is 10.1. The lowest BCUT2D eigenvalue weighted by Gasteiger charge is -1.95. The number of carboxylic acids is 1. The Morgan fingerprint density at radius 1 is 1.25 bits per heavy atom. The third kappa shape index (κ3) is 1.27. The summed E-state index contributed by atoms with van der Waals surface area (Å²) in [5, 5.41) is 8.68. The highest BCUT2D eigenvalue weighted by Crippen LogP contribution is 2.37. The van der Waals surface area contributed by atoms with Gasteiger partial charge in [-0.15, -0.1) is 0 Å². The number of carboxylic acid groups (broad SMARTS) is 1. The van der Waals surface area contributed by atoms with Gasteiger partial charge in [0.2, 0.25) is 0 Å². The number of benzene rings is 1. The number of nitrogens with zero attached hydrogens (tertiary/aromatic N) is 2. The molecule has 1 aromatic carbocycles. The van der Waals surface area contributed by atoms with Crippen LogP contribution in [0.3, 0.4) is 0 Å². The van der Waals surface area contributed by atoms with Crippen LogP contribution in [0.15, 0.2) is 40.3 Å². The predicted molar refractivity (Wildman–Crippen MR) is 61.2 cm³/mol. The minimum atomic E-state index is -0.871. The lowest BCUT2D eigenvalue weighted by molar-refractivity contribution is -0.135. The molecule has 2 aliphatic heterocycles. The van der Waals surface area contributed by atoms with Gasteiger partial charge in [0.25, 0.3) is 0 Å². The van der Waals surface area contributed by atoms with Crippen LogP contribution in [0.5, 0.6) is 0 Å². The third-order valence-corrected chi connectivity index (χ3v) is 2.55. The van der Waals surface area contributed by atoms with Crippen LogP contribution in [0.2, 0.25) is 0 Å². The zero-order valence-corrected chi connectivity index (χ0v) is 8.34. The molecule has 0 fully saturated rings. The fourth-order valence-corrected chi connectivity index (χ4v) is 1.90. The topological polar surface area (TPSA) is 62.0 Å². The standard InChI is InChI=1S/C12H8N2O2/c15-11(16)6-7-5-9-8-3-1-2-4-10(8)14-12(9)13-7/h1-5H,6H2,(H,15,16). The molecule has 1 aromatic rings. The molecule has 0 atom stereocenters. The summed E-state index contributed by atoms with van der Waals surface area (Å²) in [4.78, 5) is 19.1. The molecule has 0 unspecified atom stereocenters. The van der Waals surface area contributed by atoms with Gasteiger partial charge < -0.3 is 5.11 Å². The Bertz CT molecular complexity index is 582. The number of carbonyl (C=O) groups is 1. The van der Waals surface area contributed by atoms with Gasteiger partial charge in [-0.2, -0.15) is 0 Å². The molecule has 2 heterocycles. The molecule has 78 valence electrons. The van der Waals surface area contributed by atoms with Crippen molar-refractivity contribution in [3.8, 4) is 0 Å². The van der Waals surface area contributed by atoms with Crippen LogP contribution in [0.4, 0.5) is 5.69 Å². The number of aliphatic imine (C=N–C) groups is 2. The summed E-state index contributed by atoms with van der Waals surface area (Å²) < 4.78 is 0. The van der Waals surface area contributed by atoms with Gasteiger partial charge in [-0.3, -0.25) is 4.79 Å². The van der Waals surface area contributed by atoms with Crippen LogP contribution in [0.1, 0.15) is 12.0 Å². The van der Waals surface area contributed by atoms with E-state index in [0.29, 0.717) is 11.5 Å². The van der Waals surface area contributed by atoms with Crippen LogP contribution >= 0.6 is 0 Å². The van der Waals surface area contributed by atoms with E-state index in [9.17, 15) is 4.79 Å². The Hall–Kier alpha value is -2.23. The zero-order valence-electron chi connectivity index (χ0n) is 8.34. The monoisotopic (exact) mass is 212 g/mol. The fraction of sp³-hybridized carbons (Fsp3) is 0.0833. The maximum atomic E-state index is 10.6. The molecule has 1 N–H and O–H groups in total. The van der Waals surface area contributed by atoms with E-state index in [-0.39, 0.29) is 6.42 Å². The number of amidine groups is 1. The summed E-state index contributed by atoms with van der Waals surface area (Å²) in [6, 6.07) is 7.75. The largest absolute Gasteiger partial charge is 0.481 e. The minimum Gasteiger partial charge on any atom is -0.481 e. The third-order valence-electron chi connectivity index (χ3n) is 2.55. The molecule has 0 saturated carbocycles.